The van der Waals surface area contributed by atoms with Crippen molar-refractivity contribution in [1.82, 2.24) is 10.6 Å². The van der Waals surface area contributed by atoms with Gasteiger partial charge in [-0.05, 0) is 24.4 Å². The maximum atomic E-state index is 12.0. The highest BCUT2D eigenvalue weighted by molar-refractivity contribution is 7.80. The molecule has 0 radical (unpaired) electrons. The largest absolute Gasteiger partial charge is 0.477 e. The van der Waals surface area contributed by atoms with E-state index in [0.717, 1.165) is 25.2 Å². The topological polar surface area (TPSA) is 58.0 Å². The fraction of sp³-hybridized carbons (Fsp3) is 0.500. The number of carbonyl (C=O) groups is 1. The van der Waals surface area contributed by atoms with Gasteiger partial charge in [0.25, 0.3) is 5.91 Å². The van der Waals surface area contributed by atoms with Crippen molar-refractivity contribution in [3.8, 4) is 5.75 Å². The molecule has 0 unspecified atom stereocenters. The highest BCUT2D eigenvalue weighted by Crippen LogP contribution is 2.33. The first-order chi connectivity index (χ1) is 11.0. The van der Waals surface area contributed by atoms with Gasteiger partial charge in [-0.15, -0.1) is 0 Å². The quantitative estimate of drug-likeness (QED) is 0.495. The summed E-state index contributed by atoms with van der Waals surface area (Å²) in [5, 5.41) is 6.54. The van der Waals surface area contributed by atoms with E-state index in [1.165, 1.54) is 4.90 Å². The number of nitrogens with one attached hydrogen (secondary N) is 3. The molecule has 6 nitrogen and oxygen atoms in total. The van der Waals surface area contributed by atoms with E-state index in [1.807, 2.05) is 29.2 Å². The van der Waals surface area contributed by atoms with E-state index in [2.05, 4.69) is 24.7 Å². The first-order valence-corrected chi connectivity index (χ1v) is 8.25. The summed E-state index contributed by atoms with van der Waals surface area (Å²) in [6.45, 7) is 2.30. The van der Waals surface area contributed by atoms with E-state index >= 15 is 0 Å². The van der Waals surface area contributed by atoms with E-state index in [-0.39, 0.29) is 5.91 Å². The number of nitrogens with zero attached hydrogens (tertiary/aromatic N) is 1. The smallest absolute Gasteiger partial charge is 0.262 e. The maximum Gasteiger partial charge on any atom is 0.262 e. The van der Waals surface area contributed by atoms with Gasteiger partial charge in [0.2, 0.25) is 0 Å². The molecule has 3 N–H and O–H groups in total. The van der Waals surface area contributed by atoms with Crippen LogP contribution in [0.5, 0.6) is 5.75 Å². The highest BCUT2D eigenvalue weighted by atomic mass is 32.1. The Labute approximate surface area is 142 Å². The van der Waals surface area contributed by atoms with Crippen molar-refractivity contribution in [2.45, 2.75) is 12.5 Å². The van der Waals surface area contributed by atoms with Gasteiger partial charge in [0.15, 0.2) is 11.2 Å². The molecule has 1 amide bonds. The van der Waals surface area contributed by atoms with E-state index in [1.54, 1.807) is 7.05 Å². The molecule has 0 bridgehead atoms. The fourth-order valence-corrected chi connectivity index (χ4v) is 2.73. The first-order valence-electron chi connectivity index (χ1n) is 7.84. The average Bonchev–Trinajstić information content (AvgIpc) is 2.56. The Morgan fingerprint density at radius 3 is 2.87 bits per heavy atom. The van der Waals surface area contributed by atoms with Gasteiger partial charge in [-0.25, -0.2) is 0 Å². The second-order valence-corrected chi connectivity index (χ2v) is 6.23. The molecule has 0 aliphatic carbocycles. The van der Waals surface area contributed by atoms with Gasteiger partial charge in [0.05, 0.1) is 32.9 Å². The third kappa shape index (κ3) is 4.56. The monoisotopic (exact) mass is 337 g/mol. The van der Waals surface area contributed by atoms with Gasteiger partial charge in [0, 0.05) is 20.0 Å². The Morgan fingerprint density at radius 1 is 1.43 bits per heavy atom. The molecule has 1 aliphatic rings. The number of quaternary nitrogens is 1. The highest BCUT2D eigenvalue weighted by Gasteiger charge is 2.31. The van der Waals surface area contributed by atoms with E-state index < -0.39 is 6.10 Å². The second-order valence-electron chi connectivity index (χ2n) is 5.84. The third-order valence-corrected chi connectivity index (χ3v) is 4.05. The minimum Gasteiger partial charge on any atom is -0.477 e. The number of fused-ring (bicyclic) bond motifs is 1. The van der Waals surface area contributed by atoms with Gasteiger partial charge in [-0.2, -0.15) is 0 Å². The summed E-state index contributed by atoms with van der Waals surface area (Å²) < 4.78 is 5.78. The molecule has 1 aromatic carbocycles. The molecule has 1 aromatic rings. The first kappa shape index (κ1) is 17.5. The maximum absolute atomic E-state index is 12.0. The summed E-state index contributed by atoms with van der Waals surface area (Å²) in [7, 11) is 5.87. The lowest BCUT2D eigenvalue weighted by Crippen LogP contribution is -3.05. The van der Waals surface area contributed by atoms with E-state index in [4.69, 9.17) is 17.0 Å². The van der Waals surface area contributed by atoms with Crippen molar-refractivity contribution >= 4 is 28.9 Å². The summed E-state index contributed by atoms with van der Waals surface area (Å²) in [6.07, 6.45) is 0.466. The van der Waals surface area contributed by atoms with E-state index in [9.17, 15) is 4.79 Å². The number of benzene rings is 1. The Kier molecular flexibility index (Phi) is 6.18. The van der Waals surface area contributed by atoms with Crippen LogP contribution < -0.4 is 25.2 Å². The average molecular weight is 337 g/mol. The van der Waals surface area contributed by atoms with Gasteiger partial charge >= 0.3 is 0 Å². The molecule has 7 heteroatoms. The van der Waals surface area contributed by atoms with Crippen LogP contribution in [0, 0.1) is 0 Å². The number of para-hydroxylation sites is 2. The number of rotatable bonds is 5. The van der Waals surface area contributed by atoms with Crippen LogP contribution in [0.3, 0.4) is 0 Å². The zero-order chi connectivity index (χ0) is 16.8. The molecule has 0 aromatic heterocycles. The fourth-order valence-electron chi connectivity index (χ4n) is 2.46. The molecule has 1 heterocycles. The number of hydrogen-bond donors (Lipinski definition) is 3. The summed E-state index contributed by atoms with van der Waals surface area (Å²) >= 11 is 5.53. The third-order valence-electron chi connectivity index (χ3n) is 3.69. The Morgan fingerprint density at radius 2 is 2.17 bits per heavy atom. The van der Waals surface area contributed by atoms with Crippen molar-refractivity contribution in [1.29, 1.82) is 0 Å². The zero-order valence-electron chi connectivity index (χ0n) is 13.9. The van der Waals surface area contributed by atoms with Crippen molar-refractivity contribution < 1.29 is 14.4 Å². The number of ether oxygens (including phenoxy) is 1. The number of anilines is 1. The van der Waals surface area contributed by atoms with Crippen LogP contribution in [0.25, 0.3) is 0 Å². The van der Waals surface area contributed by atoms with Crippen LogP contribution in [-0.2, 0) is 4.79 Å². The van der Waals surface area contributed by atoms with Crippen LogP contribution in [0.1, 0.15) is 6.42 Å². The molecule has 1 atom stereocenters. The van der Waals surface area contributed by atoms with Crippen LogP contribution in [-0.4, -0.2) is 57.9 Å². The van der Waals surface area contributed by atoms with Crippen LogP contribution in [0.4, 0.5) is 5.69 Å². The predicted octanol–water partition coefficient (Wildman–Crippen LogP) is -0.591. The molecule has 0 saturated carbocycles. The van der Waals surface area contributed by atoms with Crippen molar-refractivity contribution in [3.63, 3.8) is 0 Å². The molecular formula is C16H25N4O2S+. The molecule has 1 aliphatic heterocycles. The lowest BCUT2D eigenvalue weighted by atomic mass is 10.2. The normalized spacial score (nSPS) is 16.5. The Bertz CT molecular complexity index is 565. The Balaban J connectivity index is 2.06. The molecule has 0 spiro atoms. The molecule has 0 fully saturated rings. The van der Waals surface area contributed by atoms with Crippen LogP contribution in [0.15, 0.2) is 24.3 Å². The molecule has 2 rings (SSSR count). The zero-order valence-corrected chi connectivity index (χ0v) is 14.7. The molecule has 0 saturated heterocycles. The van der Waals surface area contributed by atoms with Crippen LogP contribution in [0.2, 0.25) is 0 Å². The van der Waals surface area contributed by atoms with Crippen molar-refractivity contribution in [3.05, 3.63) is 24.3 Å². The molecule has 126 valence electrons. The predicted molar refractivity (Wildman–Crippen MR) is 95.2 cm³/mol. The SMILES string of the molecule is CNC(=O)[C@@H]1CN(C(=S)NCCC[NH+](C)C)c2ccccc2O1. The number of likely N-dealkylation sites (N-methyl/N-ethyl adjacent to an activating group) is 1. The summed E-state index contributed by atoms with van der Waals surface area (Å²) in [5.41, 5.74) is 0.892. The van der Waals surface area contributed by atoms with Crippen molar-refractivity contribution in [2.75, 3.05) is 45.7 Å². The lowest BCUT2D eigenvalue weighted by molar-refractivity contribution is -0.858. The van der Waals surface area contributed by atoms with Crippen molar-refractivity contribution in [2.24, 2.45) is 0 Å². The number of amides is 1. The number of carbonyl (C=O) groups excluding carboxylic acids is 1. The summed E-state index contributed by atoms with van der Waals surface area (Å²) in [5.74, 6) is 0.526. The second kappa shape index (κ2) is 8.12. The van der Waals surface area contributed by atoms with Gasteiger partial charge in [0.1, 0.15) is 5.75 Å². The van der Waals surface area contributed by atoms with Gasteiger partial charge in [-0.3, -0.25) is 4.79 Å². The Hall–Kier alpha value is -1.86. The minimum atomic E-state index is -0.569. The number of hydrogen-bond acceptors (Lipinski definition) is 3. The number of thiocarbonyl (C=S) groups is 1. The minimum absolute atomic E-state index is 0.150. The van der Waals surface area contributed by atoms with Crippen LogP contribution >= 0.6 is 12.2 Å². The molecule has 23 heavy (non-hydrogen) atoms. The molecular weight excluding hydrogens is 312 g/mol. The summed E-state index contributed by atoms with van der Waals surface area (Å²) in [4.78, 5) is 15.3. The lowest BCUT2D eigenvalue weighted by Gasteiger charge is -2.35. The summed E-state index contributed by atoms with van der Waals surface area (Å²) in [6, 6.07) is 7.63. The van der Waals surface area contributed by atoms with Gasteiger partial charge in [-0.1, -0.05) is 12.1 Å². The van der Waals surface area contributed by atoms with E-state index in [0.29, 0.717) is 17.4 Å². The van der Waals surface area contributed by atoms with Gasteiger partial charge < -0.3 is 25.2 Å². The standard InChI is InChI=1S/C16H24N4O2S/c1-17-15(21)14-11-20(12-7-4-5-8-13(12)22-14)16(23)18-9-6-10-19(2)3/h4-5,7-8,14H,6,9-11H2,1-3H3,(H,17,21)(H,18,23)/p+1/t14-/m0/s1.